The normalized spacial score (nSPS) is 12.2. The topological polar surface area (TPSA) is 0 Å². The molecule has 0 atom stereocenters. The van der Waals surface area contributed by atoms with E-state index in [0.29, 0.717) is 5.92 Å². The lowest BCUT2D eigenvalue weighted by molar-refractivity contribution is 0.846. The highest BCUT2D eigenvalue weighted by molar-refractivity contribution is 7.80. The van der Waals surface area contributed by atoms with E-state index >= 15 is 0 Å². The minimum atomic E-state index is 0.518. The molecule has 1 aliphatic heterocycles. The van der Waals surface area contributed by atoms with E-state index in [9.17, 15) is 0 Å². The number of benzene rings is 2. The number of fused-ring (bicyclic) bond motifs is 3. The summed E-state index contributed by atoms with van der Waals surface area (Å²) in [5.41, 5.74) is 6.55. The number of hydrogen-bond donors (Lipinski definition) is 1. The number of hydrogen-bond acceptors (Lipinski definition) is 1. The summed E-state index contributed by atoms with van der Waals surface area (Å²) in [5, 5.41) is 0. The fourth-order valence-electron chi connectivity index (χ4n) is 2.50. The predicted octanol–water partition coefficient (Wildman–Crippen LogP) is 2.73. The van der Waals surface area contributed by atoms with Gasteiger partial charge in [-0.15, -0.1) is 12.6 Å². The van der Waals surface area contributed by atoms with Crippen molar-refractivity contribution in [3.8, 4) is 11.1 Å². The van der Waals surface area contributed by atoms with Crippen LogP contribution < -0.4 is 10.9 Å². The summed E-state index contributed by atoms with van der Waals surface area (Å²) in [6, 6.07) is 13.0. The van der Waals surface area contributed by atoms with E-state index in [1.165, 1.54) is 27.6 Å². The molecule has 83 valence electrons. The van der Waals surface area contributed by atoms with Gasteiger partial charge in [-0.05, 0) is 22.6 Å². The molecule has 1 heterocycles. The minimum Gasteiger partial charge on any atom is -0.144 e. The van der Waals surface area contributed by atoms with Gasteiger partial charge in [-0.25, -0.2) is 0 Å². The molecule has 0 unspecified atom stereocenters. The first kappa shape index (κ1) is 11.0. The standard InChI is InChI=1S/C15H14BS/c1-9(2)10-7-8-12-11-5-3-4-6-13(11)16-14(12)15(10)17/h3-9,17H,1-2H3. The Bertz CT molecular complexity index is 587. The second-order valence-corrected chi connectivity index (χ2v) is 5.30. The fourth-order valence-corrected chi connectivity index (χ4v) is 3.01. The Balaban J connectivity index is 2.22. The van der Waals surface area contributed by atoms with Crippen LogP contribution in [-0.2, 0) is 0 Å². The molecule has 2 heteroatoms. The molecule has 0 amide bonds. The van der Waals surface area contributed by atoms with E-state index in [-0.39, 0.29) is 0 Å². The Morgan fingerprint density at radius 1 is 1.00 bits per heavy atom. The second-order valence-electron chi connectivity index (χ2n) is 4.85. The lowest BCUT2D eigenvalue weighted by atomic mass is 9.67. The van der Waals surface area contributed by atoms with E-state index < -0.39 is 0 Å². The molecular formula is C15H14BS. The Labute approximate surface area is 109 Å². The van der Waals surface area contributed by atoms with Crippen LogP contribution in [0.2, 0.25) is 0 Å². The minimum absolute atomic E-state index is 0.518. The van der Waals surface area contributed by atoms with Crippen molar-refractivity contribution in [1.82, 2.24) is 0 Å². The maximum absolute atomic E-state index is 4.71. The largest absolute Gasteiger partial charge is 0.194 e. The van der Waals surface area contributed by atoms with Crippen LogP contribution >= 0.6 is 12.6 Å². The molecule has 0 aromatic heterocycles. The van der Waals surface area contributed by atoms with Gasteiger partial charge in [-0.3, -0.25) is 0 Å². The molecule has 3 rings (SSSR count). The zero-order valence-electron chi connectivity index (χ0n) is 10.1. The molecule has 17 heavy (non-hydrogen) atoms. The summed E-state index contributed by atoms with van der Waals surface area (Å²) in [6.45, 7) is 4.42. The summed E-state index contributed by atoms with van der Waals surface area (Å²) < 4.78 is 0. The van der Waals surface area contributed by atoms with Crippen molar-refractivity contribution in [3.63, 3.8) is 0 Å². The first-order chi connectivity index (χ1) is 8.18. The van der Waals surface area contributed by atoms with Crippen molar-refractivity contribution in [1.29, 1.82) is 0 Å². The molecule has 0 bridgehead atoms. The van der Waals surface area contributed by atoms with Crippen molar-refractivity contribution in [2.45, 2.75) is 24.7 Å². The average Bonchev–Trinajstić information content (AvgIpc) is 2.69. The molecule has 1 aliphatic rings. The molecule has 0 saturated carbocycles. The lowest BCUT2D eigenvalue weighted by Crippen LogP contribution is -2.23. The van der Waals surface area contributed by atoms with Crippen LogP contribution in [0, 0.1) is 0 Å². The van der Waals surface area contributed by atoms with E-state index in [2.05, 4.69) is 57.5 Å². The zero-order chi connectivity index (χ0) is 12.0. The van der Waals surface area contributed by atoms with Gasteiger partial charge < -0.3 is 0 Å². The first-order valence-corrected chi connectivity index (χ1v) is 6.43. The van der Waals surface area contributed by atoms with Gasteiger partial charge in [0.15, 0.2) is 7.28 Å². The van der Waals surface area contributed by atoms with Gasteiger partial charge in [-0.1, -0.05) is 61.2 Å². The third-order valence-electron chi connectivity index (χ3n) is 3.42. The van der Waals surface area contributed by atoms with Crippen LogP contribution in [0.4, 0.5) is 0 Å². The third-order valence-corrected chi connectivity index (χ3v) is 3.92. The van der Waals surface area contributed by atoms with Crippen LogP contribution in [0.1, 0.15) is 25.3 Å². The summed E-state index contributed by atoms with van der Waals surface area (Å²) in [7, 11) is 2.25. The van der Waals surface area contributed by atoms with Gasteiger partial charge in [0.2, 0.25) is 0 Å². The van der Waals surface area contributed by atoms with Gasteiger partial charge in [0.05, 0.1) is 0 Å². The van der Waals surface area contributed by atoms with Crippen molar-refractivity contribution < 1.29 is 0 Å². The molecule has 0 spiro atoms. The van der Waals surface area contributed by atoms with E-state index in [4.69, 9.17) is 12.6 Å². The van der Waals surface area contributed by atoms with Gasteiger partial charge in [0.25, 0.3) is 0 Å². The maximum Gasteiger partial charge on any atom is 0.194 e. The molecular weight excluding hydrogens is 223 g/mol. The maximum atomic E-state index is 4.71. The predicted molar refractivity (Wildman–Crippen MR) is 78.2 cm³/mol. The third kappa shape index (κ3) is 1.63. The molecule has 2 aromatic rings. The highest BCUT2D eigenvalue weighted by atomic mass is 32.1. The van der Waals surface area contributed by atoms with Crippen LogP contribution in [0.3, 0.4) is 0 Å². The fraction of sp³-hybridized carbons (Fsp3) is 0.200. The van der Waals surface area contributed by atoms with Gasteiger partial charge in [0.1, 0.15) is 0 Å². The molecule has 2 aromatic carbocycles. The van der Waals surface area contributed by atoms with Crippen molar-refractivity contribution >= 4 is 30.8 Å². The van der Waals surface area contributed by atoms with Crippen molar-refractivity contribution in [3.05, 3.63) is 42.0 Å². The highest BCUT2D eigenvalue weighted by Crippen LogP contribution is 2.28. The Morgan fingerprint density at radius 2 is 1.76 bits per heavy atom. The van der Waals surface area contributed by atoms with Crippen LogP contribution in [0.5, 0.6) is 0 Å². The van der Waals surface area contributed by atoms with Crippen LogP contribution in [-0.4, -0.2) is 7.28 Å². The summed E-state index contributed by atoms with van der Waals surface area (Å²) in [5.74, 6) is 0.518. The molecule has 0 saturated heterocycles. The molecule has 1 radical (unpaired) electrons. The Kier molecular flexibility index (Phi) is 2.55. The van der Waals surface area contributed by atoms with Gasteiger partial charge in [0, 0.05) is 4.90 Å². The van der Waals surface area contributed by atoms with Crippen LogP contribution in [0.15, 0.2) is 41.3 Å². The smallest absolute Gasteiger partial charge is 0.144 e. The van der Waals surface area contributed by atoms with Crippen molar-refractivity contribution in [2.24, 2.45) is 0 Å². The monoisotopic (exact) mass is 237 g/mol. The Hall–Kier alpha value is -1.15. The molecule has 0 aliphatic carbocycles. The second kappa shape index (κ2) is 3.95. The summed E-state index contributed by atoms with van der Waals surface area (Å²) in [6.07, 6.45) is 0. The lowest BCUT2D eigenvalue weighted by Gasteiger charge is -2.13. The summed E-state index contributed by atoms with van der Waals surface area (Å²) in [4.78, 5) is 1.13. The van der Waals surface area contributed by atoms with E-state index in [1.807, 2.05) is 0 Å². The average molecular weight is 237 g/mol. The molecule has 0 nitrogen and oxygen atoms in total. The zero-order valence-corrected chi connectivity index (χ0v) is 11.0. The quantitative estimate of drug-likeness (QED) is 0.488. The van der Waals surface area contributed by atoms with Crippen molar-refractivity contribution in [2.75, 3.05) is 0 Å². The molecule has 0 fully saturated rings. The van der Waals surface area contributed by atoms with Crippen LogP contribution in [0.25, 0.3) is 11.1 Å². The van der Waals surface area contributed by atoms with E-state index in [1.54, 1.807) is 0 Å². The number of thiol groups is 1. The van der Waals surface area contributed by atoms with Gasteiger partial charge in [-0.2, -0.15) is 0 Å². The summed E-state index contributed by atoms with van der Waals surface area (Å²) >= 11 is 4.71. The van der Waals surface area contributed by atoms with Gasteiger partial charge >= 0.3 is 0 Å². The highest BCUT2D eigenvalue weighted by Gasteiger charge is 2.22. The molecule has 0 N–H and O–H groups in total. The number of rotatable bonds is 1. The van der Waals surface area contributed by atoms with E-state index in [0.717, 1.165) is 4.90 Å². The Morgan fingerprint density at radius 3 is 2.53 bits per heavy atom. The SMILES string of the molecule is CC(C)c1ccc2c(c1S)[B]c1ccccc1-2. The first-order valence-electron chi connectivity index (χ1n) is 5.98.